The Labute approximate surface area is 126 Å². The Morgan fingerprint density at radius 3 is 2.19 bits per heavy atom. The second kappa shape index (κ2) is 5.77. The smallest absolute Gasteiger partial charge is 0.335 e. The number of hydrogen-bond donors (Lipinski definition) is 1. The molecule has 1 aromatic carbocycles. The zero-order chi connectivity index (χ0) is 16.6. The van der Waals surface area contributed by atoms with Gasteiger partial charge in [0.1, 0.15) is 0 Å². The van der Waals surface area contributed by atoms with Gasteiger partial charge in [0.25, 0.3) is 0 Å². The summed E-state index contributed by atoms with van der Waals surface area (Å²) >= 11 is 0. The van der Waals surface area contributed by atoms with Crippen LogP contribution in [-0.4, -0.2) is 36.4 Å². The fraction of sp³-hybridized carbons (Fsp3) is 0.533. The molecule has 0 amide bonds. The van der Waals surface area contributed by atoms with E-state index in [4.69, 9.17) is 0 Å². The summed E-state index contributed by atoms with van der Waals surface area (Å²) in [7, 11) is -2.22. The summed E-state index contributed by atoms with van der Waals surface area (Å²) in [6.07, 6.45) is 0.652. The highest BCUT2D eigenvalue weighted by atomic mass is 32.2. The molecule has 0 saturated heterocycles. The molecule has 0 bridgehead atoms. The van der Waals surface area contributed by atoms with Gasteiger partial charge in [-0.3, -0.25) is 0 Å². The van der Waals surface area contributed by atoms with Gasteiger partial charge >= 0.3 is 5.97 Å². The molecule has 0 fully saturated rings. The van der Waals surface area contributed by atoms with Crippen molar-refractivity contribution in [1.29, 1.82) is 0 Å². The number of nitrogens with zero attached hydrogens (tertiary/aromatic N) is 1. The molecule has 1 aromatic rings. The lowest BCUT2D eigenvalue weighted by molar-refractivity contribution is 0.0696. The normalized spacial score (nSPS) is 12.7. The number of aromatic carboxylic acids is 1. The van der Waals surface area contributed by atoms with Crippen molar-refractivity contribution in [3.8, 4) is 0 Å². The Hall–Kier alpha value is -1.40. The van der Waals surface area contributed by atoms with Gasteiger partial charge in [0.2, 0.25) is 10.0 Å². The van der Waals surface area contributed by atoms with E-state index in [1.54, 1.807) is 19.9 Å². The molecule has 118 valence electrons. The molecule has 6 heteroatoms. The number of carbonyl (C=O) groups is 1. The second-order valence-electron chi connectivity index (χ2n) is 5.88. The van der Waals surface area contributed by atoms with E-state index in [1.807, 2.05) is 20.8 Å². The SMILES string of the molecule is CCC(C)(C)N(C)S(=O)(=O)c1cc(C(=O)O)c(C)cc1C. The second-order valence-corrected chi connectivity index (χ2v) is 7.81. The Balaban J connectivity index is 3.52. The van der Waals surface area contributed by atoms with E-state index in [2.05, 4.69) is 0 Å². The Morgan fingerprint density at radius 1 is 1.24 bits per heavy atom. The van der Waals surface area contributed by atoms with Crippen LogP contribution in [0.4, 0.5) is 0 Å². The van der Waals surface area contributed by atoms with Crippen molar-refractivity contribution in [2.45, 2.75) is 51.5 Å². The van der Waals surface area contributed by atoms with Gasteiger partial charge in [-0.25, -0.2) is 13.2 Å². The molecule has 0 spiro atoms. The number of sulfonamides is 1. The quantitative estimate of drug-likeness (QED) is 0.907. The lowest BCUT2D eigenvalue weighted by atomic mass is 10.0. The predicted octanol–water partition coefficient (Wildman–Crippen LogP) is 2.81. The molecule has 0 saturated carbocycles. The van der Waals surface area contributed by atoms with E-state index in [1.165, 1.54) is 17.4 Å². The van der Waals surface area contributed by atoms with Crippen LogP contribution in [0.15, 0.2) is 17.0 Å². The fourth-order valence-electron chi connectivity index (χ4n) is 2.04. The summed E-state index contributed by atoms with van der Waals surface area (Å²) in [6, 6.07) is 2.85. The molecule has 0 aliphatic rings. The molecule has 5 nitrogen and oxygen atoms in total. The van der Waals surface area contributed by atoms with Gasteiger partial charge in [-0.15, -0.1) is 0 Å². The average Bonchev–Trinajstić information content (AvgIpc) is 2.36. The van der Waals surface area contributed by atoms with Crippen molar-refractivity contribution in [3.05, 3.63) is 28.8 Å². The van der Waals surface area contributed by atoms with Gasteiger partial charge in [-0.1, -0.05) is 13.0 Å². The highest BCUT2D eigenvalue weighted by Crippen LogP contribution is 2.28. The van der Waals surface area contributed by atoms with Crippen molar-refractivity contribution >= 4 is 16.0 Å². The number of carboxylic acids is 1. The fourth-order valence-corrected chi connectivity index (χ4v) is 3.84. The summed E-state index contributed by atoms with van der Waals surface area (Å²) in [6.45, 7) is 8.93. The number of carboxylic acid groups (broad SMARTS) is 1. The minimum Gasteiger partial charge on any atom is -0.478 e. The van der Waals surface area contributed by atoms with Crippen LogP contribution in [0.2, 0.25) is 0 Å². The van der Waals surface area contributed by atoms with Crippen LogP contribution < -0.4 is 0 Å². The van der Waals surface area contributed by atoms with Crippen molar-refractivity contribution in [1.82, 2.24) is 4.31 Å². The lowest BCUT2D eigenvalue weighted by Gasteiger charge is -2.34. The van der Waals surface area contributed by atoms with Crippen LogP contribution in [-0.2, 0) is 10.0 Å². The topological polar surface area (TPSA) is 74.7 Å². The molecular weight excluding hydrogens is 290 g/mol. The molecule has 0 aliphatic carbocycles. The molecular formula is C15H23NO4S. The van der Waals surface area contributed by atoms with Crippen LogP contribution in [0.5, 0.6) is 0 Å². The minimum absolute atomic E-state index is 0.0156. The summed E-state index contributed by atoms with van der Waals surface area (Å²) in [4.78, 5) is 11.3. The first kappa shape index (κ1) is 17.7. The Bertz CT molecular complexity index is 662. The molecule has 1 N–H and O–H groups in total. The summed E-state index contributed by atoms with van der Waals surface area (Å²) in [5.74, 6) is -1.12. The monoisotopic (exact) mass is 313 g/mol. The van der Waals surface area contributed by atoms with E-state index in [0.29, 0.717) is 17.5 Å². The van der Waals surface area contributed by atoms with Gasteiger partial charge < -0.3 is 5.11 Å². The first-order valence-corrected chi connectivity index (χ1v) is 8.22. The Morgan fingerprint density at radius 2 is 1.76 bits per heavy atom. The van der Waals surface area contributed by atoms with Crippen molar-refractivity contribution in [2.75, 3.05) is 7.05 Å². The van der Waals surface area contributed by atoms with Gasteiger partial charge in [0.05, 0.1) is 10.5 Å². The largest absolute Gasteiger partial charge is 0.478 e. The molecule has 0 unspecified atom stereocenters. The minimum atomic E-state index is -3.74. The van der Waals surface area contributed by atoms with Crippen LogP contribution in [0.3, 0.4) is 0 Å². The zero-order valence-electron chi connectivity index (χ0n) is 13.4. The van der Waals surface area contributed by atoms with E-state index < -0.39 is 21.5 Å². The maximum Gasteiger partial charge on any atom is 0.335 e. The number of aryl methyl sites for hydroxylation is 2. The van der Waals surface area contributed by atoms with Gasteiger partial charge in [-0.05, 0) is 51.3 Å². The molecule has 0 aliphatic heterocycles. The molecule has 0 radical (unpaired) electrons. The highest BCUT2D eigenvalue weighted by molar-refractivity contribution is 7.89. The highest BCUT2D eigenvalue weighted by Gasteiger charge is 2.34. The average molecular weight is 313 g/mol. The number of rotatable bonds is 5. The molecule has 21 heavy (non-hydrogen) atoms. The summed E-state index contributed by atoms with van der Waals surface area (Å²) in [5.41, 5.74) is 0.578. The molecule has 0 aromatic heterocycles. The van der Waals surface area contributed by atoms with Crippen molar-refractivity contribution < 1.29 is 18.3 Å². The number of benzene rings is 1. The molecule has 1 rings (SSSR count). The van der Waals surface area contributed by atoms with Crippen LogP contribution >= 0.6 is 0 Å². The lowest BCUT2D eigenvalue weighted by Crippen LogP contribution is -2.44. The maximum absolute atomic E-state index is 12.8. The standard InChI is InChI=1S/C15H23NO4S/c1-7-15(4,5)16(6)21(19,20)13-9-12(14(17)18)10(2)8-11(13)3/h8-9H,7H2,1-6H3,(H,17,18). The number of hydrogen-bond acceptors (Lipinski definition) is 3. The van der Waals surface area contributed by atoms with Gasteiger partial charge in [-0.2, -0.15) is 4.31 Å². The third-order valence-corrected chi connectivity index (χ3v) is 6.32. The first-order chi connectivity index (χ1) is 9.45. The van der Waals surface area contributed by atoms with E-state index in [9.17, 15) is 18.3 Å². The van der Waals surface area contributed by atoms with E-state index in [-0.39, 0.29) is 10.5 Å². The van der Waals surface area contributed by atoms with Gasteiger partial charge in [0.15, 0.2) is 0 Å². The predicted molar refractivity (Wildman–Crippen MR) is 82.2 cm³/mol. The molecule has 0 atom stereocenters. The third kappa shape index (κ3) is 3.27. The third-order valence-electron chi connectivity index (χ3n) is 4.11. The van der Waals surface area contributed by atoms with Crippen LogP contribution in [0.1, 0.15) is 48.7 Å². The maximum atomic E-state index is 12.8. The first-order valence-electron chi connectivity index (χ1n) is 6.78. The van der Waals surface area contributed by atoms with Gasteiger partial charge in [0, 0.05) is 12.6 Å². The summed E-state index contributed by atoms with van der Waals surface area (Å²) in [5, 5.41) is 9.18. The molecule has 0 heterocycles. The van der Waals surface area contributed by atoms with Crippen molar-refractivity contribution in [2.24, 2.45) is 0 Å². The van der Waals surface area contributed by atoms with Crippen LogP contribution in [0.25, 0.3) is 0 Å². The van der Waals surface area contributed by atoms with E-state index in [0.717, 1.165) is 0 Å². The van der Waals surface area contributed by atoms with Crippen LogP contribution in [0, 0.1) is 13.8 Å². The van der Waals surface area contributed by atoms with E-state index >= 15 is 0 Å². The zero-order valence-corrected chi connectivity index (χ0v) is 14.2. The van der Waals surface area contributed by atoms with Crippen molar-refractivity contribution in [3.63, 3.8) is 0 Å². The summed E-state index contributed by atoms with van der Waals surface area (Å²) < 4.78 is 26.9. The Kier molecular flexibility index (Phi) is 4.85.